The van der Waals surface area contributed by atoms with Crippen molar-refractivity contribution in [2.24, 2.45) is 0 Å². The molecule has 20 heteroatoms. The summed E-state index contributed by atoms with van der Waals surface area (Å²) in [6, 6.07) is 8.17. The Kier molecular flexibility index (Phi) is 15.8. The molecule has 61 heavy (non-hydrogen) atoms. The van der Waals surface area contributed by atoms with Crippen LogP contribution in [0.1, 0.15) is 120 Å². The van der Waals surface area contributed by atoms with Crippen LogP contribution in [0, 0.1) is 0 Å². The van der Waals surface area contributed by atoms with Gasteiger partial charge in [0.2, 0.25) is 0 Å². The van der Waals surface area contributed by atoms with E-state index in [9.17, 15) is 62.3 Å². The van der Waals surface area contributed by atoms with Gasteiger partial charge in [-0.05, 0) is 79.6 Å². The van der Waals surface area contributed by atoms with Gasteiger partial charge in [-0.25, -0.2) is 0 Å². The van der Waals surface area contributed by atoms with E-state index in [4.69, 9.17) is 9.05 Å². The van der Waals surface area contributed by atoms with Crippen molar-refractivity contribution in [2.75, 3.05) is 10.6 Å². The number of nitrogens with one attached hydrogen (secondary N) is 2. The quantitative estimate of drug-likeness (QED) is 0.0849. The zero-order valence-corrected chi connectivity index (χ0v) is 32.3. The molecule has 2 amide bonds. The molecular weight excluding hydrogens is 840 g/mol. The Hall–Kier alpha value is -5.82. The number of rotatable bonds is 14. The smallest absolute Gasteiger partial charge is 0.360 e. The lowest BCUT2D eigenvalue weighted by Crippen LogP contribution is -2.15. The van der Waals surface area contributed by atoms with E-state index in [0.29, 0.717) is 41.3 Å². The van der Waals surface area contributed by atoms with Crippen LogP contribution in [0.3, 0.4) is 0 Å². The molecule has 5 rings (SSSR count). The van der Waals surface area contributed by atoms with Crippen molar-refractivity contribution < 1.29 is 71.3 Å². The minimum atomic E-state index is -5.13. The summed E-state index contributed by atoms with van der Waals surface area (Å²) in [5, 5.41) is 11.9. The van der Waals surface area contributed by atoms with Crippen molar-refractivity contribution in [1.29, 1.82) is 0 Å². The minimum Gasteiger partial charge on any atom is -0.360 e. The second-order valence-corrected chi connectivity index (χ2v) is 13.7. The zero-order chi connectivity index (χ0) is 45.2. The van der Waals surface area contributed by atoms with Gasteiger partial charge in [0, 0.05) is 22.9 Å². The SMILES string of the molecule is CCCCCC(CCCCC)c1oncc1C(=O)Nc1ccc(C(F)(F)F)cc1.O=C(Nc1ccc(C(F)(F)F)cc1)c1cnoc1-c1cc(C(F)(F)F)cc(C(F)(F)F)c1. The first-order chi connectivity index (χ1) is 28.5. The van der Waals surface area contributed by atoms with Crippen LogP contribution in [0.25, 0.3) is 11.3 Å². The summed E-state index contributed by atoms with van der Waals surface area (Å²) >= 11 is 0. The molecule has 2 heterocycles. The molecule has 0 saturated carbocycles. The topological polar surface area (TPSA) is 110 Å². The highest BCUT2D eigenvalue weighted by Gasteiger charge is 2.38. The highest BCUT2D eigenvalue weighted by Crippen LogP contribution is 2.40. The van der Waals surface area contributed by atoms with Crippen LogP contribution in [-0.4, -0.2) is 22.1 Å². The fourth-order valence-corrected chi connectivity index (χ4v) is 5.98. The first kappa shape index (κ1) is 47.9. The van der Waals surface area contributed by atoms with Gasteiger partial charge in [0.25, 0.3) is 11.8 Å². The molecule has 0 aliphatic heterocycles. The van der Waals surface area contributed by atoms with E-state index in [-0.39, 0.29) is 17.7 Å². The maximum Gasteiger partial charge on any atom is 0.416 e. The van der Waals surface area contributed by atoms with E-state index >= 15 is 0 Å². The van der Waals surface area contributed by atoms with Gasteiger partial charge in [0.05, 0.1) is 34.6 Å². The predicted molar refractivity (Wildman–Crippen MR) is 198 cm³/mol. The summed E-state index contributed by atoms with van der Waals surface area (Å²) in [7, 11) is 0. The molecule has 0 unspecified atom stereocenters. The highest BCUT2D eigenvalue weighted by atomic mass is 19.4. The maximum absolute atomic E-state index is 13.1. The van der Waals surface area contributed by atoms with Gasteiger partial charge in [0.15, 0.2) is 11.5 Å². The number of nitrogens with zero attached hydrogens (tertiary/aromatic N) is 2. The number of unbranched alkanes of at least 4 members (excludes halogenated alkanes) is 4. The fourth-order valence-electron chi connectivity index (χ4n) is 5.98. The Morgan fingerprint density at radius 1 is 0.541 bits per heavy atom. The predicted octanol–water partition coefficient (Wildman–Crippen LogP) is 13.8. The van der Waals surface area contributed by atoms with Crippen molar-refractivity contribution in [3.8, 4) is 11.3 Å². The average Bonchev–Trinajstić information content (AvgIpc) is 3.88. The zero-order valence-electron chi connectivity index (χ0n) is 32.3. The normalized spacial score (nSPS) is 12.2. The second-order valence-electron chi connectivity index (χ2n) is 13.7. The number of hydrogen-bond acceptors (Lipinski definition) is 6. The average molecular weight is 879 g/mol. The molecule has 0 fully saturated rings. The molecule has 0 bridgehead atoms. The largest absolute Gasteiger partial charge is 0.416 e. The fraction of sp³-hybridized carbons (Fsp3) is 0.366. The first-order valence-corrected chi connectivity index (χ1v) is 18.7. The highest BCUT2D eigenvalue weighted by molar-refractivity contribution is 6.07. The first-order valence-electron chi connectivity index (χ1n) is 18.7. The number of aromatic nitrogens is 2. The number of amides is 2. The molecule has 0 aliphatic rings. The number of halogens is 12. The van der Waals surface area contributed by atoms with E-state index < -0.39 is 75.7 Å². The van der Waals surface area contributed by atoms with Crippen LogP contribution in [0.4, 0.5) is 64.1 Å². The van der Waals surface area contributed by atoms with Crippen LogP contribution < -0.4 is 10.6 Å². The summed E-state index contributed by atoms with van der Waals surface area (Å²) in [6.07, 6.45) is -8.74. The van der Waals surface area contributed by atoms with Crippen molar-refractivity contribution in [1.82, 2.24) is 10.3 Å². The monoisotopic (exact) mass is 878 g/mol. The van der Waals surface area contributed by atoms with Crippen LogP contribution in [0.15, 0.2) is 88.2 Å². The summed E-state index contributed by atoms with van der Waals surface area (Å²) in [6.45, 7) is 4.28. The third-order valence-corrected chi connectivity index (χ3v) is 9.13. The summed E-state index contributed by atoms with van der Waals surface area (Å²) in [5.74, 6) is -1.50. The maximum atomic E-state index is 13.1. The van der Waals surface area contributed by atoms with Crippen LogP contribution >= 0.6 is 0 Å². The number of carbonyl (C=O) groups is 2. The van der Waals surface area contributed by atoms with Gasteiger partial charge in [0.1, 0.15) is 11.1 Å². The minimum absolute atomic E-state index is 0.0954. The summed E-state index contributed by atoms with van der Waals surface area (Å²) < 4.78 is 164. The van der Waals surface area contributed by atoms with Crippen molar-refractivity contribution in [2.45, 2.75) is 95.8 Å². The van der Waals surface area contributed by atoms with Gasteiger partial charge < -0.3 is 19.7 Å². The molecule has 330 valence electrons. The Morgan fingerprint density at radius 3 is 1.34 bits per heavy atom. The molecule has 3 aromatic carbocycles. The molecule has 0 radical (unpaired) electrons. The van der Waals surface area contributed by atoms with Crippen LogP contribution in [0.2, 0.25) is 0 Å². The van der Waals surface area contributed by atoms with E-state index in [1.165, 1.54) is 18.3 Å². The number of benzene rings is 3. The molecular formula is C41H38F12N4O4. The lowest BCUT2D eigenvalue weighted by molar-refractivity contribution is -0.143. The molecule has 0 saturated heterocycles. The Labute approximate surface area is 340 Å². The number of alkyl halides is 12. The van der Waals surface area contributed by atoms with E-state index in [1.807, 2.05) is 0 Å². The Bertz CT molecular complexity index is 2150. The van der Waals surface area contributed by atoms with Gasteiger partial charge in [-0.2, -0.15) is 52.7 Å². The van der Waals surface area contributed by atoms with Crippen LogP contribution in [0.5, 0.6) is 0 Å². The molecule has 5 aromatic rings. The molecule has 2 aromatic heterocycles. The lowest BCUT2D eigenvalue weighted by Gasteiger charge is -2.15. The molecule has 0 aliphatic carbocycles. The second kappa shape index (κ2) is 20.2. The van der Waals surface area contributed by atoms with Crippen molar-refractivity contribution in [3.63, 3.8) is 0 Å². The Balaban J connectivity index is 0.000000270. The molecule has 8 nitrogen and oxygen atoms in total. The molecule has 0 spiro atoms. The molecule has 2 N–H and O–H groups in total. The van der Waals surface area contributed by atoms with Gasteiger partial charge in [-0.15, -0.1) is 0 Å². The van der Waals surface area contributed by atoms with Crippen LogP contribution in [-0.2, 0) is 24.7 Å². The van der Waals surface area contributed by atoms with Gasteiger partial charge in [-0.1, -0.05) is 62.7 Å². The van der Waals surface area contributed by atoms with E-state index in [0.717, 1.165) is 81.8 Å². The van der Waals surface area contributed by atoms with E-state index in [1.54, 1.807) is 0 Å². The van der Waals surface area contributed by atoms with Gasteiger partial charge >= 0.3 is 24.7 Å². The molecule has 0 atom stereocenters. The summed E-state index contributed by atoms with van der Waals surface area (Å²) in [5.41, 5.74) is -5.74. The van der Waals surface area contributed by atoms with Crippen molar-refractivity contribution >= 4 is 23.2 Å². The Morgan fingerprint density at radius 2 is 0.934 bits per heavy atom. The standard InChI is InChI=1S/C22H29F3N2O2.C19H9F9N2O2/c1-3-5-7-9-16(10-8-6-4-2)20-19(15-26-29-20)21(28)27-18-13-11-17(12-14-18)22(23,24)25;20-17(21,22)10-1-3-13(4-2-10)30-16(31)14-8-29-32-15(14)9-5-11(18(23,24)25)7-12(6-9)19(26,27)28/h11-16H,3-10H2,1-2H3,(H,27,28);1-8H,(H,30,31). The van der Waals surface area contributed by atoms with Crippen molar-refractivity contribution in [3.05, 3.63) is 118 Å². The van der Waals surface area contributed by atoms with Gasteiger partial charge in [-0.3, -0.25) is 9.59 Å². The number of hydrogen-bond donors (Lipinski definition) is 2. The third kappa shape index (κ3) is 13.6. The lowest BCUT2D eigenvalue weighted by atomic mass is 9.90. The third-order valence-electron chi connectivity index (χ3n) is 9.13. The number of carbonyl (C=O) groups excluding carboxylic acids is 2. The summed E-state index contributed by atoms with van der Waals surface area (Å²) in [4.78, 5) is 25.1. The van der Waals surface area contributed by atoms with E-state index in [2.05, 4.69) is 34.8 Å². The number of anilines is 2.